The van der Waals surface area contributed by atoms with Crippen LogP contribution >= 0.6 is 0 Å². The standard InChI is InChI=1S/C61H116O6/c1-4-7-10-13-15-17-19-21-23-25-27-28-29-30-31-32-34-35-37-39-41-43-45-48-51-54-60(63)66-57-58(56-65-59(62)53-50-47-12-9-6-3)67-61(64)55-52-49-46-44-42-40-38-36-33-26-24-22-20-18-16-14-11-8-5-2/h22,24,58H,4-21,23,25-57H2,1-3H3/b24-22-. The molecule has 0 aliphatic rings. The largest absolute Gasteiger partial charge is 0.462 e. The number of unbranched alkanes of at least 4 members (excludes halogenated alkanes) is 43. The summed E-state index contributed by atoms with van der Waals surface area (Å²) in [5.74, 6) is -0.860. The molecule has 0 amide bonds. The number of hydrogen-bond acceptors (Lipinski definition) is 6. The van der Waals surface area contributed by atoms with Crippen LogP contribution in [0.1, 0.15) is 342 Å². The second-order valence-corrected chi connectivity index (χ2v) is 20.6. The smallest absolute Gasteiger partial charge is 0.306 e. The number of carbonyl (C=O) groups excluding carboxylic acids is 3. The van der Waals surface area contributed by atoms with Crippen molar-refractivity contribution in [3.05, 3.63) is 12.2 Å². The molecule has 1 atom stereocenters. The van der Waals surface area contributed by atoms with E-state index in [0.717, 1.165) is 64.2 Å². The Bertz CT molecular complexity index is 1040. The molecule has 1 unspecified atom stereocenters. The van der Waals surface area contributed by atoms with Gasteiger partial charge < -0.3 is 14.2 Å². The molecule has 0 aromatic carbocycles. The normalized spacial score (nSPS) is 12.0. The van der Waals surface area contributed by atoms with Crippen molar-refractivity contribution in [2.45, 2.75) is 348 Å². The molecule has 0 aliphatic heterocycles. The summed E-state index contributed by atoms with van der Waals surface area (Å²) >= 11 is 0. The van der Waals surface area contributed by atoms with Gasteiger partial charge in [0.25, 0.3) is 0 Å². The Morgan fingerprint density at radius 3 is 0.746 bits per heavy atom. The van der Waals surface area contributed by atoms with Gasteiger partial charge in [-0.1, -0.05) is 290 Å². The lowest BCUT2D eigenvalue weighted by molar-refractivity contribution is -0.167. The molecule has 0 spiro atoms. The third-order valence-electron chi connectivity index (χ3n) is 13.8. The van der Waals surface area contributed by atoms with Crippen LogP contribution in [-0.4, -0.2) is 37.2 Å². The van der Waals surface area contributed by atoms with E-state index >= 15 is 0 Å². The summed E-state index contributed by atoms with van der Waals surface area (Å²) in [7, 11) is 0. The van der Waals surface area contributed by atoms with Crippen LogP contribution in [0.5, 0.6) is 0 Å². The van der Waals surface area contributed by atoms with E-state index in [2.05, 4.69) is 32.9 Å². The quantitative estimate of drug-likeness (QED) is 0.0262. The fourth-order valence-corrected chi connectivity index (χ4v) is 9.21. The molecule has 0 radical (unpaired) electrons. The number of carbonyl (C=O) groups is 3. The average Bonchev–Trinajstić information content (AvgIpc) is 3.33. The van der Waals surface area contributed by atoms with Gasteiger partial charge in [-0.15, -0.1) is 0 Å². The lowest BCUT2D eigenvalue weighted by Crippen LogP contribution is -2.30. The van der Waals surface area contributed by atoms with Gasteiger partial charge in [-0.2, -0.15) is 0 Å². The first-order valence-corrected chi connectivity index (χ1v) is 30.2. The Morgan fingerprint density at radius 1 is 0.284 bits per heavy atom. The van der Waals surface area contributed by atoms with Gasteiger partial charge in [0, 0.05) is 19.3 Å². The lowest BCUT2D eigenvalue weighted by atomic mass is 10.0. The number of hydrogen-bond donors (Lipinski definition) is 0. The molecule has 0 aromatic rings. The van der Waals surface area contributed by atoms with Gasteiger partial charge in [-0.3, -0.25) is 14.4 Å². The molecule has 0 bridgehead atoms. The summed E-state index contributed by atoms with van der Waals surface area (Å²) < 4.78 is 16.8. The second kappa shape index (κ2) is 56.7. The number of ether oxygens (including phenoxy) is 3. The first-order chi connectivity index (χ1) is 33.0. The highest BCUT2D eigenvalue weighted by Crippen LogP contribution is 2.18. The predicted molar refractivity (Wildman–Crippen MR) is 289 cm³/mol. The monoisotopic (exact) mass is 945 g/mol. The van der Waals surface area contributed by atoms with Crippen molar-refractivity contribution in [2.24, 2.45) is 0 Å². The van der Waals surface area contributed by atoms with Crippen molar-refractivity contribution < 1.29 is 28.6 Å². The number of allylic oxidation sites excluding steroid dienone is 2. The highest BCUT2D eigenvalue weighted by molar-refractivity contribution is 5.71. The van der Waals surface area contributed by atoms with Gasteiger partial charge in [0.2, 0.25) is 0 Å². The topological polar surface area (TPSA) is 78.9 Å². The summed E-state index contributed by atoms with van der Waals surface area (Å²) in [4.78, 5) is 37.8. The molecule has 396 valence electrons. The van der Waals surface area contributed by atoms with Crippen LogP contribution in [0.4, 0.5) is 0 Å². The molecule has 67 heavy (non-hydrogen) atoms. The minimum Gasteiger partial charge on any atom is -0.462 e. The fraction of sp³-hybridized carbons (Fsp3) is 0.918. The third kappa shape index (κ3) is 55.0. The van der Waals surface area contributed by atoms with Crippen molar-refractivity contribution in [2.75, 3.05) is 13.2 Å². The Kier molecular flexibility index (Phi) is 55.2. The van der Waals surface area contributed by atoms with E-state index in [1.807, 2.05) is 0 Å². The van der Waals surface area contributed by atoms with Crippen molar-refractivity contribution in [3.63, 3.8) is 0 Å². The maximum atomic E-state index is 12.8. The molecule has 6 heteroatoms. The van der Waals surface area contributed by atoms with E-state index in [0.29, 0.717) is 19.3 Å². The van der Waals surface area contributed by atoms with Gasteiger partial charge in [0.1, 0.15) is 13.2 Å². The third-order valence-corrected chi connectivity index (χ3v) is 13.8. The zero-order chi connectivity index (χ0) is 48.6. The van der Waals surface area contributed by atoms with E-state index in [1.54, 1.807) is 0 Å². The summed E-state index contributed by atoms with van der Waals surface area (Å²) in [6.07, 6.45) is 65.5. The van der Waals surface area contributed by atoms with Crippen LogP contribution in [0.3, 0.4) is 0 Å². The van der Waals surface area contributed by atoms with Crippen LogP contribution in [0, 0.1) is 0 Å². The summed E-state index contributed by atoms with van der Waals surface area (Å²) in [6, 6.07) is 0. The van der Waals surface area contributed by atoms with Crippen molar-refractivity contribution in [1.82, 2.24) is 0 Å². The number of esters is 3. The van der Waals surface area contributed by atoms with E-state index in [1.165, 1.54) is 238 Å². The second-order valence-electron chi connectivity index (χ2n) is 20.6. The summed E-state index contributed by atoms with van der Waals surface area (Å²) in [5.41, 5.74) is 0. The van der Waals surface area contributed by atoms with Crippen molar-refractivity contribution in [1.29, 1.82) is 0 Å². The van der Waals surface area contributed by atoms with Crippen LogP contribution < -0.4 is 0 Å². The molecule has 0 aromatic heterocycles. The van der Waals surface area contributed by atoms with Crippen LogP contribution in [-0.2, 0) is 28.6 Å². The minimum atomic E-state index is -0.764. The zero-order valence-electron chi connectivity index (χ0n) is 45.5. The first-order valence-electron chi connectivity index (χ1n) is 30.2. The SMILES string of the molecule is CCCCCCCC/C=C\CCCCCCCCCCCC(=O)OC(COC(=O)CCCCCCC)COC(=O)CCCCCCCCCCCCCCCCCCCCCCCCCCC. The summed E-state index contributed by atoms with van der Waals surface area (Å²) in [5, 5.41) is 0. The maximum absolute atomic E-state index is 12.8. The van der Waals surface area contributed by atoms with Crippen LogP contribution in [0.2, 0.25) is 0 Å². The molecular formula is C61H116O6. The van der Waals surface area contributed by atoms with Crippen molar-refractivity contribution >= 4 is 17.9 Å². The van der Waals surface area contributed by atoms with E-state index in [4.69, 9.17) is 14.2 Å². The molecule has 6 nitrogen and oxygen atoms in total. The van der Waals surface area contributed by atoms with Gasteiger partial charge in [0.05, 0.1) is 0 Å². The van der Waals surface area contributed by atoms with Gasteiger partial charge in [0.15, 0.2) is 6.10 Å². The fourth-order valence-electron chi connectivity index (χ4n) is 9.21. The van der Waals surface area contributed by atoms with Crippen LogP contribution in [0.15, 0.2) is 12.2 Å². The Labute approximate surface area is 418 Å². The molecular weight excluding hydrogens is 829 g/mol. The summed E-state index contributed by atoms with van der Waals surface area (Å²) in [6.45, 7) is 6.61. The molecule has 0 saturated carbocycles. The first kappa shape index (κ1) is 65.1. The van der Waals surface area contributed by atoms with Crippen molar-refractivity contribution in [3.8, 4) is 0 Å². The molecule has 0 rings (SSSR count). The minimum absolute atomic E-state index is 0.0662. The van der Waals surface area contributed by atoms with Gasteiger partial charge >= 0.3 is 17.9 Å². The molecule has 0 N–H and O–H groups in total. The highest BCUT2D eigenvalue weighted by atomic mass is 16.6. The molecule has 0 heterocycles. The average molecular weight is 946 g/mol. The Hall–Kier alpha value is -1.85. The Balaban J connectivity index is 3.99. The lowest BCUT2D eigenvalue weighted by Gasteiger charge is -2.18. The van der Waals surface area contributed by atoms with E-state index in [9.17, 15) is 14.4 Å². The number of rotatable bonds is 56. The van der Waals surface area contributed by atoms with E-state index < -0.39 is 6.10 Å². The maximum Gasteiger partial charge on any atom is 0.306 e. The molecule has 0 saturated heterocycles. The van der Waals surface area contributed by atoms with Crippen LogP contribution in [0.25, 0.3) is 0 Å². The highest BCUT2D eigenvalue weighted by Gasteiger charge is 2.19. The predicted octanol–water partition coefficient (Wildman–Crippen LogP) is 20.1. The molecule has 0 aliphatic carbocycles. The van der Waals surface area contributed by atoms with E-state index in [-0.39, 0.29) is 31.1 Å². The Morgan fingerprint density at radius 2 is 0.493 bits per heavy atom. The molecule has 0 fully saturated rings. The van der Waals surface area contributed by atoms with Gasteiger partial charge in [-0.25, -0.2) is 0 Å². The van der Waals surface area contributed by atoms with Gasteiger partial charge in [-0.05, 0) is 44.9 Å². The zero-order valence-corrected chi connectivity index (χ0v) is 45.5.